The molecule has 0 radical (unpaired) electrons. The van der Waals surface area contributed by atoms with Crippen LogP contribution < -0.4 is 5.73 Å². The number of rotatable bonds is 5. The van der Waals surface area contributed by atoms with Crippen LogP contribution in [0, 0.1) is 0 Å². The molecule has 27 heavy (non-hydrogen) atoms. The lowest BCUT2D eigenvalue weighted by Gasteiger charge is -2.08. The topological polar surface area (TPSA) is 69.4 Å². The van der Waals surface area contributed by atoms with Gasteiger partial charge in [0.2, 0.25) is 0 Å². The summed E-state index contributed by atoms with van der Waals surface area (Å²) in [6, 6.07) is 14.5. The minimum Gasteiger partial charge on any atom is -0.462 e. The van der Waals surface area contributed by atoms with E-state index in [1.807, 2.05) is 24.3 Å². The summed E-state index contributed by atoms with van der Waals surface area (Å²) in [6.45, 7) is 1.91. The largest absolute Gasteiger partial charge is 0.462 e. The van der Waals surface area contributed by atoms with Crippen molar-refractivity contribution in [3.63, 3.8) is 0 Å². The number of carbonyl (C=O) groups is 2. The molecular formula is C20H15Br2NO3S. The van der Waals surface area contributed by atoms with Gasteiger partial charge in [-0.15, -0.1) is 11.3 Å². The molecule has 0 atom stereocenters. The van der Waals surface area contributed by atoms with E-state index in [2.05, 4.69) is 31.9 Å². The van der Waals surface area contributed by atoms with Gasteiger partial charge in [0.05, 0.1) is 12.2 Å². The third kappa shape index (κ3) is 4.15. The van der Waals surface area contributed by atoms with E-state index in [1.54, 1.807) is 31.2 Å². The first-order chi connectivity index (χ1) is 12.9. The van der Waals surface area contributed by atoms with E-state index in [0.29, 0.717) is 10.4 Å². The molecule has 0 aliphatic rings. The number of benzene rings is 2. The molecule has 0 aliphatic carbocycles. The number of carbonyl (C=O) groups excluding carboxylic acids is 2. The fourth-order valence-electron chi connectivity index (χ4n) is 2.65. The normalized spacial score (nSPS) is 10.6. The molecule has 2 aromatic carbocycles. The Labute approximate surface area is 177 Å². The molecule has 0 fully saturated rings. The Balaban J connectivity index is 2.23. The molecular weight excluding hydrogens is 494 g/mol. The van der Waals surface area contributed by atoms with Gasteiger partial charge in [-0.2, -0.15) is 0 Å². The summed E-state index contributed by atoms with van der Waals surface area (Å²) in [4.78, 5) is 26.5. The van der Waals surface area contributed by atoms with Crippen LogP contribution in [-0.2, 0) is 4.74 Å². The molecule has 1 heterocycles. The van der Waals surface area contributed by atoms with Gasteiger partial charge in [-0.25, -0.2) is 4.79 Å². The molecule has 0 spiro atoms. The molecule has 4 nitrogen and oxygen atoms in total. The highest BCUT2D eigenvalue weighted by molar-refractivity contribution is 9.10. The van der Waals surface area contributed by atoms with Gasteiger partial charge in [0.1, 0.15) is 10.6 Å². The van der Waals surface area contributed by atoms with Crippen LogP contribution in [0.25, 0.3) is 10.4 Å². The zero-order chi connectivity index (χ0) is 19.6. The zero-order valence-corrected chi connectivity index (χ0v) is 18.3. The number of esters is 1. The van der Waals surface area contributed by atoms with Gasteiger partial charge >= 0.3 is 5.97 Å². The molecule has 2 N–H and O–H groups in total. The lowest BCUT2D eigenvalue weighted by Crippen LogP contribution is -2.13. The van der Waals surface area contributed by atoms with E-state index in [1.165, 1.54) is 11.3 Å². The Hall–Kier alpha value is -1.96. The molecule has 7 heteroatoms. The van der Waals surface area contributed by atoms with Crippen molar-refractivity contribution in [3.8, 4) is 10.4 Å². The van der Waals surface area contributed by atoms with Crippen LogP contribution in [0.1, 0.15) is 33.2 Å². The molecule has 1 aromatic heterocycles. The Kier molecular flexibility index (Phi) is 6.14. The Morgan fingerprint density at radius 1 is 1.04 bits per heavy atom. The molecule has 0 saturated heterocycles. The van der Waals surface area contributed by atoms with E-state index in [9.17, 15) is 9.59 Å². The van der Waals surface area contributed by atoms with Crippen molar-refractivity contribution < 1.29 is 14.3 Å². The van der Waals surface area contributed by atoms with Crippen LogP contribution in [0.4, 0.5) is 5.00 Å². The van der Waals surface area contributed by atoms with Gasteiger partial charge in [0, 0.05) is 19.4 Å². The van der Waals surface area contributed by atoms with E-state index in [0.717, 1.165) is 14.5 Å². The van der Waals surface area contributed by atoms with E-state index < -0.39 is 5.97 Å². The highest BCUT2D eigenvalue weighted by atomic mass is 79.9. The van der Waals surface area contributed by atoms with Crippen LogP contribution >= 0.6 is 43.2 Å². The van der Waals surface area contributed by atoms with Crippen LogP contribution in [0.5, 0.6) is 0 Å². The van der Waals surface area contributed by atoms with Gasteiger partial charge in [-0.3, -0.25) is 4.79 Å². The number of anilines is 1. The summed E-state index contributed by atoms with van der Waals surface area (Å²) in [6.07, 6.45) is 0. The van der Waals surface area contributed by atoms with Gasteiger partial charge in [0.25, 0.3) is 0 Å². The van der Waals surface area contributed by atoms with Gasteiger partial charge in [0.15, 0.2) is 5.78 Å². The van der Waals surface area contributed by atoms with Gasteiger partial charge in [-0.05, 0) is 48.9 Å². The average molecular weight is 509 g/mol. The summed E-state index contributed by atoms with van der Waals surface area (Å²) in [5, 5.41) is 0.267. The number of ether oxygens (including phenoxy) is 1. The molecule has 3 aromatic rings. The first kappa shape index (κ1) is 19.8. The summed E-state index contributed by atoms with van der Waals surface area (Å²) in [5.41, 5.74) is 7.81. The number of thiophene rings is 1. The maximum atomic E-state index is 13.3. The van der Waals surface area contributed by atoms with Crippen molar-refractivity contribution in [1.82, 2.24) is 0 Å². The molecule has 0 saturated carbocycles. The van der Waals surface area contributed by atoms with Crippen molar-refractivity contribution in [2.45, 2.75) is 6.92 Å². The molecule has 0 aliphatic heterocycles. The summed E-state index contributed by atoms with van der Waals surface area (Å²) in [7, 11) is 0. The summed E-state index contributed by atoms with van der Waals surface area (Å²) >= 11 is 8.02. The quantitative estimate of drug-likeness (QED) is 0.342. The second-order valence-corrected chi connectivity index (χ2v) is 8.50. The van der Waals surface area contributed by atoms with Crippen LogP contribution in [0.15, 0.2) is 57.5 Å². The van der Waals surface area contributed by atoms with Gasteiger partial charge in [-0.1, -0.05) is 44.0 Å². The second-order valence-electron chi connectivity index (χ2n) is 5.61. The number of ketones is 1. The Morgan fingerprint density at radius 3 is 2.37 bits per heavy atom. The standard InChI is InChI=1S/C20H15Br2NO3S/c1-2-26-20(25)16-15(17(24)11-6-8-13(21)9-7-11)18(27-19(16)23)12-4-3-5-14(22)10-12/h3-10H,2,23H2,1H3. The first-order valence-corrected chi connectivity index (χ1v) is 10.5. The molecule has 138 valence electrons. The van der Waals surface area contributed by atoms with Crippen molar-refractivity contribution in [3.05, 3.63) is 74.2 Å². The highest BCUT2D eigenvalue weighted by Gasteiger charge is 2.29. The number of nitrogens with two attached hydrogens (primary N) is 1. The van der Waals surface area contributed by atoms with Crippen LogP contribution in [0.3, 0.4) is 0 Å². The van der Waals surface area contributed by atoms with Crippen molar-refractivity contribution in [2.75, 3.05) is 12.3 Å². The maximum absolute atomic E-state index is 13.3. The SMILES string of the molecule is CCOC(=O)c1c(N)sc(-c2cccc(Br)c2)c1C(=O)c1ccc(Br)cc1. The monoisotopic (exact) mass is 507 g/mol. The fraction of sp³-hybridized carbons (Fsp3) is 0.100. The number of halogens is 2. The van der Waals surface area contributed by atoms with Crippen molar-refractivity contribution in [1.29, 1.82) is 0 Å². The Morgan fingerprint density at radius 2 is 1.74 bits per heavy atom. The van der Waals surface area contributed by atoms with E-state index in [4.69, 9.17) is 10.5 Å². The number of hydrogen-bond acceptors (Lipinski definition) is 5. The third-order valence-electron chi connectivity index (χ3n) is 3.84. The predicted molar refractivity (Wildman–Crippen MR) is 115 cm³/mol. The van der Waals surface area contributed by atoms with Crippen LogP contribution in [-0.4, -0.2) is 18.4 Å². The summed E-state index contributed by atoms with van der Waals surface area (Å²) in [5.74, 6) is -0.860. The molecule has 0 bridgehead atoms. The van der Waals surface area contributed by atoms with Crippen molar-refractivity contribution in [2.24, 2.45) is 0 Å². The third-order valence-corrected chi connectivity index (χ3v) is 5.93. The van der Waals surface area contributed by atoms with E-state index >= 15 is 0 Å². The minimum atomic E-state index is -0.590. The predicted octanol–water partition coefficient (Wildman–Crippen LogP) is 5.93. The molecule has 0 unspecified atom stereocenters. The van der Waals surface area contributed by atoms with Crippen LogP contribution in [0.2, 0.25) is 0 Å². The first-order valence-electron chi connectivity index (χ1n) is 8.08. The highest BCUT2D eigenvalue weighted by Crippen LogP contribution is 2.41. The molecule has 3 rings (SSSR count). The maximum Gasteiger partial charge on any atom is 0.341 e. The smallest absolute Gasteiger partial charge is 0.341 e. The Bertz CT molecular complexity index is 1010. The average Bonchev–Trinajstić information content (AvgIpc) is 2.99. The second kappa shape index (κ2) is 8.37. The lowest BCUT2D eigenvalue weighted by atomic mass is 9.97. The van der Waals surface area contributed by atoms with E-state index in [-0.39, 0.29) is 28.5 Å². The van der Waals surface area contributed by atoms with Crippen molar-refractivity contribution >= 4 is 60.0 Å². The number of nitrogen functional groups attached to an aromatic ring is 1. The van der Waals surface area contributed by atoms with Gasteiger partial charge < -0.3 is 10.5 Å². The summed E-state index contributed by atoms with van der Waals surface area (Å²) < 4.78 is 6.88. The zero-order valence-electron chi connectivity index (χ0n) is 14.3. The molecule has 0 amide bonds. The number of hydrogen-bond donors (Lipinski definition) is 1. The minimum absolute atomic E-state index is 0.129. The fourth-order valence-corrected chi connectivity index (χ4v) is 4.36. The lowest BCUT2D eigenvalue weighted by molar-refractivity contribution is 0.0525.